The van der Waals surface area contributed by atoms with Crippen LogP contribution in [0.2, 0.25) is 0 Å². The second-order valence-corrected chi connectivity index (χ2v) is 7.49. The molecule has 5 nitrogen and oxygen atoms in total. The molecule has 4 rings (SSSR count). The highest BCUT2D eigenvalue weighted by molar-refractivity contribution is 5.90. The first-order chi connectivity index (χ1) is 15.1. The van der Waals surface area contributed by atoms with E-state index in [1.807, 2.05) is 18.2 Å². The van der Waals surface area contributed by atoms with Gasteiger partial charge in [0, 0.05) is 18.0 Å². The fourth-order valence-corrected chi connectivity index (χ4v) is 4.10. The number of aryl methyl sites for hydroxylation is 1. The second-order valence-electron chi connectivity index (χ2n) is 7.49. The second kappa shape index (κ2) is 9.16. The Labute approximate surface area is 180 Å². The first-order valence-electron chi connectivity index (χ1n) is 10.2. The average Bonchev–Trinajstić information content (AvgIpc) is 2.82. The van der Waals surface area contributed by atoms with E-state index in [1.165, 1.54) is 19.2 Å². The van der Waals surface area contributed by atoms with E-state index in [9.17, 15) is 9.18 Å². The number of rotatable bonds is 6. The lowest BCUT2D eigenvalue weighted by Crippen LogP contribution is -2.15. The number of carbonyl (C=O) groups excluding carboxylic acids is 1. The van der Waals surface area contributed by atoms with Gasteiger partial charge in [0.15, 0.2) is 0 Å². The molecule has 2 aromatic carbocycles. The van der Waals surface area contributed by atoms with Gasteiger partial charge in [-0.25, -0.2) is 9.18 Å². The summed E-state index contributed by atoms with van der Waals surface area (Å²) in [4.78, 5) is 16.2. The molecule has 1 atom stereocenters. The number of pyridine rings is 1. The maximum atomic E-state index is 13.8. The molecule has 1 aromatic heterocycles. The largest absolute Gasteiger partial charge is 0.496 e. The van der Waals surface area contributed by atoms with Gasteiger partial charge in [0.2, 0.25) is 0 Å². The van der Waals surface area contributed by atoms with Crippen LogP contribution in [-0.4, -0.2) is 31.8 Å². The van der Waals surface area contributed by atoms with Crippen molar-refractivity contribution in [3.63, 3.8) is 0 Å². The first kappa shape index (κ1) is 20.8. The summed E-state index contributed by atoms with van der Waals surface area (Å²) in [6.45, 7) is 0.609. The van der Waals surface area contributed by atoms with Gasteiger partial charge in [-0.2, -0.15) is 0 Å². The molecule has 2 heterocycles. The van der Waals surface area contributed by atoms with E-state index in [1.54, 1.807) is 31.6 Å². The summed E-state index contributed by atoms with van der Waals surface area (Å²) in [5.74, 6) is 1.04. The van der Waals surface area contributed by atoms with Gasteiger partial charge >= 0.3 is 5.97 Å². The Hall–Kier alpha value is -3.41. The zero-order valence-corrected chi connectivity index (χ0v) is 17.6. The third-order valence-corrected chi connectivity index (χ3v) is 5.72. The van der Waals surface area contributed by atoms with Crippen LogP contribution in [-0.2, 0) is 11.2 Å². The quantitative estimate of drug-likeness (QED) is 0.513. The van der Waals surface area contributed by atoms with Gasteiger partial charge in [0.05, 0.1) is 26.4 Å². The molecule has 0 unspecified atom stereocenters. The summed E-state index contributed by atoms with van der Waals surface area (Å²) in [5.41, 5.74) is 4.08. The molecule has 0 spiro atoms. The zero-order valence-electron chi connectivity index (χ0n) is 17.6. The first-order valence-corrected chi connectivity index (χ1v) is 10.2. The van der Waals surface area contributed by atoms with Crippen LogP contribution in [0.1, 0.15) is 40.2 Å². The molecule has 1 aliphatic heterocycles. The highest BCUT2D eigenvalue weighted by atomic mass is 19.1. The molecule has 31 heavy (non-hydrogen) atoms. The molecular weight excluding hydrogens is 397 g/mol. The fourth-order valence-electron chi connectivity index (χ4n) is 4.10. The van der Waals surface area contributed by atoms with Gasteiger partial charge in [-0.3, -0.25) is 4.98 Å². The predicted octanol–water partition coefficient (Wildman–Crippen LogP) is 5.18. The van der Waals surface area contributed by atoms with E-state index in [-0.39, 0.29) is 17.7 Å². The Morgan fingerprint density at radius 3 is 2.87 bits per heavy atom. The number of ether oxygens (including phenoxy) is 3. The molecule has 0 bridgehead atoms. The standard InChI is InChI=1S/C25H24FNO4/c1-29-23-8-6-19(26)14-22(23)17-5-7-20-16(10-12-31-24(20)13-17)3-4-18-15-27-11-9-21(18)25(28)30-2/h5-9,11,13-16H,3-4,10,12H2,1-2H3/t16-/m1/s1. The maximum absolute atomic E-state index is 13.8. The Kier molecular flexibility index (Phi) is 6.16. The number of esters is 1. The minimum Gasteiger partial charge on any atom is -0.496 e. The van der Waals surface area contributed by atoms with Crippen LogP contribution in [0, 0.1) is 5.82 Å². The molecule has 6 heteroatoms. The Morgan fingerprint density at radius 2 is 2.06 bits per heavy atom. The number of halogens is 1. The topological polar surface area (TPSA) is 57.7 Å². The van der Waals surface area contributed by atoms with Crippen molar-refractivity contribution in [2.45, 2.75) is 25.2 Å². The number of aromatic nitrogens is 1. The predicted molar refractivity (Wildman–Crippen MR) is 115 cm³/mol. The van der Waals surface area contributed by atoms with E-state index >= 15 is 0 Å². The third-order valence-electron chi connectivity index (χ3n) is 5.72. The SMILES string of the molecule is COC(=O)c1ccncc1CC[C@@H]1CCOc2cc(-c3cc(F)ccc3OC)ccc21. The summed E-state index contributed by atoms with van der Waals surface area (Å²) in [6.07, 6.45) is 5.79. The van der Waals surface area contributed by atoms with Crippen molar-refractivity contribution >= 4 is 5.97 Å². The molecule has 0 N–H and O–H groups in total. The van der Waals surface area contributed by atoms with Gasteiger partial charge in [0.25, 0.3) is 0 Å². The summed E-state index contributed by atoms with van der Waals surface area (Å²) in [7, 11) is 2.95. The van der Waals surface area contributed by atoms with Crippen LogP contribution in [0.15, 0.2) is 54.9 Å². The molecule has 0 fully saturated rings. The molecule has 0 amide bonds. The lowest BCUT2D eigenvalue weighted by molar-refractivity contribution is 0.0599. The highest BCUT2D eigenvalue weighted by Crippen LogP contribution is 2.40. The lowest BCUT2D eigenvalue weighted by atomic mass is 9.86. The normalized spacial score (nSPS) is 15.0. The van der Waals surface area contributed by atoms with Crippen molar-refractivity contribution in [3.8, 4) is 22.6 Å². The van der Waals surface area contributed by atoms with Gasteiger partial charge in [-0.05, 0) is 72.2 Å². The summed E-state index contributed by atoms with van der Waals surface area (Å²) in [5, 5.41) is 0. The number of carbonyl (C=O) groups is 1. The van der Waals surface area contributed by atoms with E-state index in [0.717, 1.165) is 35.3 Å². The van der Waals surface area contributed by atoms with Crippen molar-refractivity contribution in [2.24, 2.45) is 0 Å². The maximum Gasteiger partial charge on any atom is 0.338 e. The van der Waals surface area contributed by atoms with E-state index in [2.05, 4.69) is 4.98 Å². The van der Waals surface area contributed by atoms with Crippen molar-refractivity contribution in [3.05, 3.63) is 77.4 Å². The number of benzene rings is 2. The molecule has 0 saturated carbocycles. The molecule has 1 aliphatic rings. The van der Waals surface area contributed by atoms with Gasteiger partial charge < -0.3 is 14.2 Å². The molecular formula is C25H24FNO4. The van der Waals surface area contributed by atoms with Crippen LogP contribution in [0.5, 0.6) is 11.5 Å². The number of hydrogen-bond donors (Lipinski definition) is 0. The smallest absolute Gasteiger partial charge is 0.338 e. The summed E-state index contributed by atoms with van der Waals surface area (Å²) < 4.78 is 30.0. The van der Waals surface area contributed by atoms with Gasteiger partial charge in [-0.1, -0.05) is 12.1 Å². The third kappa shape index (κ3) is 4.38. The van der Waals surface area contributed by atoms with Crippen molar-refractivity contribution < 1.29 is 23.4 Å². The Morgan fingerprint density at radius 1 is 1.19 bits per heavy atom. The van der Waals surface area contributed by atoms with Crippen molar-refractivity contribution in [2.75, 3.05) is 20.8 Å². The molecule has 0 aliphatic carbocycles. The average molecular weight is 421 g/mol. The van der Waals surface area contributed by atoms with E-state index in [0.29, 0.717) is 29.9 Å². The van der Waals surface area contributed by atoms with E-state index < -0.39 is 0 Å². The fraction of sp³-hybridized carbons (Fsp3) is 0.280. The molecule has 0 saturated heterocycles. The minimum atomic E-state index is -0.349. The highest BCUT2D eigenvalue weighted by Gasteiger charge is 2.23. The van der Waals surface area contributed by atoms with Crippen LogP contribution in [0.25, 0.3) is 11.1 Å². The number of fused-ring (bicyclic) bond motifs is 1. The number of methoxy groups -OCH3 is 2. The van der Waals surface area contributed by atoms with Crippen molar-refractivity contribution in [1.29, 1.82) is 0 Å². The monoisotopic (exact) mass is 421 g/mol. The zero-order chi connectivity index (χ0) is 21.8. The molecule has 160 valence electrons. The molecule has 3 aromatic rings. The van der Waals surface area contributed by atoms with Gasteiger partial charge in [0.1, 0.15) is 17.3 Å². The van der Waals surface area contributed by atoms with Crippen molar-refractivity contribution in [1.82, 2.24) is 4.98 Å². The summed E-state index contributed by atoms with van der Waals surface area (Å²) >= 11 is 0. The van der Waals surface area contributed by atoms with Crippen LogP contribution < -0.4 is 9.47 Å². The van der Waals surface area contributed by atoms with E-state index in [4.69, 9.17) is 14.2 Å². The number of nitrogens with zero attached hydrogens (tertiary/aromatic N) is 1. The van der Waals surface area contributed by atoms with Crippen LogP contribution >= 0.6 is 0 Å². The van der Waals surface area contributed by atoms with Crippen LogP contribution in [0.4, 0.5) is 4.39 Å². The Bertz CT molecular complexity index is 1100. The minimum absolute atomic E-state index is 0.290. The van der Waals surface area contributed by atoms with Gasteiger partial charge in [-0.15, -0.1) is 0 Å². The lowest BCUT2D eigenvalue weighted by Gasteiger charge is -2.27. The van der Waals surface area contributed by atoms with Crippen LogP contribution in [0.3, 0.4) is 0 Å². The number of hydrogen-bond acceptors (Lipinski definition) is 5. The Balaban J connectivity index is 1.58. The summed E-state index contributed by atoms with van der Waals surface area (Å²) in [6, 6.07) is 12.1. The molecule has 0 radical (unpaired) electrons.